The van der Waals surface area contributed by atoms with Gasteiger partial charge in [0.15, 0.2) is 5.75 Å². The van der Waals surface area contributed by atoms with Crippen LogP contribution >= 0.6 is 35.6 Å². The van der Waals surface area contributed by atoms with E-state index >= 15 is 0 Å². The van der Waals surface area contributed by atoms with Crippen LogP contribution in [0.2, 0.25) is 10.0 Å². The summed E-state index contributed by atoms with van der Waals surface area (Å²) >= 11 is 12.5. The lowest BCUT2D eigenvalue weighted by Gasteiger charge is -2.36. The van der Waals surface area contributed by atoms with Crippen LogP contribution in [0.25, 0.3) is 0 Å². The van der Waals surface area contributed by atoms with Crippen LogP contribution in [0.5, 0.6) is 11.5 Å². The Labute approximate surface area is 282 Å². The monoisotopic (exact) mass is 673 g/mol. The van der Waals surface area contributed by atoms with Gasteiger partial charge in [0.05, 0.1) is 16.0 Å². The maximum atomic E-state index is 13.9. The van der Waals surface area contributed by atoms with Crippen LogP contribution in [0.4, 0.5) is 0 Å². The second kappa shape index (κ2) is 15.5. The molecule has 2 N–H and O–H groups in total. The van der Waals surface area contributed by atoms with Crippen LogP contribution < -0.4 is 20.1 Å². The average Bonchev–Trinajstić information content (AvgIpc) is 3.82. The van der Waals surface area contributed by atoms with E-state index in [0.717, 1.165) is 36.1 Å². The second-order valence-electron chi connectivity index (χ2n) is 12.0. The maximum absolute atomic E-state index is 13.9. The minimum Gasteiger partial charge on any atom is -0.490 e. The molecule has 0 radical (unpaired) electrons. The maximum Gasteiger partial charge on any atom is 0.251 e. The molecular formula is C35H42Cl3N3O4. The van der Waals surface area contributed by atoms with Crippen LogP contribution in [0, 0.1) is 33.6 Å². The SMILES string of the molecule is Cc1cc(Cl)c(OCCOc2ccc(C(=O)NC3CCNCC3C(=O)N(Cc3ccc(C)c(C)c3)C3CC3)c(C)c2)c(Cl)c1.Cl. The van der Waals surface area contributed by atoms with E-state index < -0.39 is 0 Å². The molecule has 1 saturated heterocycles. The van der Waals surface area contributed by atoms with E-state index in [1.807, 2.05) is 24.8 Å². The largest absolute Gasteiger partial charge is 0.490 e. The van der Waals surface area contributed by atoms with Gasteiger partial charge in [-0.3, -0.25) is 9.59 Å². The van der Waals surface area contributed by atoms with Gasteiger partial charge < -0.3 is 25.0 Å². The van der Waals surface area contributed by atoms with E-state index in [1.165, 1.54) is 11.1 Å². The number of benzene rings is 3. The summed E-state index contributed by atoms with van der Waals surface area (Å²) in [7, 11) is 0. The van der Waals surface area contributed by atoms with Crippen LogP contribution in [-0.2, 0) is 11.3 Å². The molecule has 0 aromatic heterocycles. The van der Waals surface area contributed by atoms with Crippen LogP contribution in [0.3, 0.4) is 0 Å². The fourth-order valence-electron chi connectivity index (χ4n) is 5.73. The summed E-state index contributed by atoms with van der Waals surface area (Å²) in [5.74, 6) is 0.673. The number of nitrogens with one attached hydrogen (secondary N) is 2. The van der Waals surface area contributed by atoms with Crippen molar-refractivity contribution in [2.45, 2.75) is 65.6 Å². The molecule has 2 unspecified atom stereocenters. The molecule has 1 aliphatic carbocycles. The van der Waals surface area contributed by atoms with Crippen LogP contribution in [0.1, 0.15) is 57.4 Å². The number of halogens is 3. The normalized spacial score (nSPS) is 17.6. The molecule has 2 fully saturated rings. The van der Waals surface area contributed by atoms with E-state index in [0.29, 0.717) is 46.6 Å². The van der Waals surface area contributed by atoms with Gasteiger partial charge in [0.25, 0.3) is 5.91 Å². The van der Waals surface area contributed by atoms with E-state index in [1.54, 1.807) is 24.3 Å². The van der Waals surface area contributed by atoms with Crippen molar-refractivity contribution < 1.29 is 19.1 Å². The Bertz CT molecular complexity index is 1500. The molecule has 2 aliphatic rings. The molecule has 5 rings (SSSR count). The van der Waals surface area contributed by atoms with Crippen LogP contribution in [-0.4, -0.2) is 55.1 Å². The lowest BCUT2D eigenvalue weighted by Crippen LogP contribution is -2.55. The lowest BCUT2D eigenvalue weighted by molar-refractivity contribution is -0.138. The Morgan fingerprint density at radius 3 is 2.27 bits per heavy atom. The third-order valence-corrected chi connectivity index (χ3v) is 9.06. The minimum absolute atomic E-state index is 0. The van der Waals surface area contributed by atoms with Crippen LogP contribution in [0.15, 0.2) is 48.5 Å². The molecule has 10 heteroatoms. The van der Waals surface area contributed by atoms with Gasteiger partial charge in [0.2, 0.25) is 5.91 Å². The highest BCUT2D eigenvalue weighted by Gasteiger charge is 2.40. The Balaban J connectivity index is 0.00000461. The Morgan fingerprint density at radius 1 is 0.889 bits per heavy atom. The zero-order valence-electron chi connectivity index (χ0n) is 26.3. The summed E-state index contributed by atoms with van der Waals surface area (Å²) in [4.78, 5) is 29.4. The summed E-state index contributed by atoms with van der Waals surface area (Å²) in [6, 6.07) is 15.4. The van der Waals surface area contributed by atoms with Gasteiger partial charge in [0.1, 0.15) is 19.0 Å². The van der Waals surface area contributed by atoms with E-state index in [2.05, 4.69) is 42.7 Å². The molecule has 1 saturated carbocycles. The van der Waals surface area contributed by atoms with Gasteiger partial charge in [-0.15, -0.1) is 12.4 Å². The number of carbonyl (C=O) groups is 2. The number of hydrogen-bond acceptors (Lipinski definition) is 5. The number of ether oxygens (including phenoxy) is 2. The van der Waals surface area contributed by atoms with Crippen molar-refractivity contribution in [1.82, 2.24) is 15.5 Å². The summed E-state index contributed by atoms with van der Waals surface area (Å²) in [5, 5.41) is 7.49. The summed E-state index contributed by atoms with van der Waals surface area (Å²) in [5.41, 5.74) is 5.92. The molecule has 7 nitrogen and oxygen atoms in total. The van der Waals surface area contributed by atoms with E-state index in [-0.39, 0.29) is 55.4 Å². The number of rotatable bonds is 11. The molecule has 2 atom stereocenters. The lowest BCUT2D eigenvalue weighted by atomic mass is 9.91. The highest BCUT2D eigenvalue weighted by molar-refractivity contribution is 6.37. The fourth-order valence-corrected chi connectivity index (χ4v) is 6.44. The van der Waals surface area contributed by atoms with Crippen molar-refractivity contribution >= 4 is 47.4 Å². The number of amides is 2. The zero-order chi connectivity index (χ0) is 31.4. The third-order valence-electron chi connectivity index (χ3n) is 8.49. The van der Waals surface area contributed by atoms with Gasteiger partial charge in [-0.2, -0.15) is 0 Å². The number of aryl methyl sites for hydroxylation is 4. The third kappa shape index (κ3) is 8.85. The van der Waals surface area contributed by atoms with Crippen molar-refractivity contribution in [3.63, 3.8) is 0 Å². The van der Waals surface area contributed by atoms with Crippen molar-refractivity contribution in [2.75, 3.05) is 26.3 Å². The summed E-state index contributed by atoms with van der Waals surface area (Å²) < 4.78 is 11.6. The first kappa shape index (κ1) is 34.9. The molecule has 242 valence electrons. The predicted octanol–water partition coefficient (Wildman–Crippen LogP) is 7.01. The highest BCUT2D eigenvalue weighted by Crippen LogP contribution is 2.34. The molecule has 1 heterocycles. The van der Waals surface area contributed by atoms with Gasteiger partial charge in [-0.25, -0.2) is 0 Å². The first-order chi connectivity index (χ1) is 21.1. The number of piperidine rings is 1. The van der Waals surface area contributed by atoms with Crippen molar-refractivity contribution in [3.05, 3.63) is 92.0 Å². The van der Waals surface area contributed by atoms with Gasteiger partial charge in [0, 0.05) is 30.7 Å². The molecule has 3 aromatic rings. The average molecular weight is 675 g/mol. The second-order valence-corrected chi connectivity index (χ2v) is 12.8. The predicted molar refractivity (Wildman–Crippen MR) is 182 cm³/mol. The molecule has 0 spiro atoms. The molecule has 2 amide bonds. The topological polar surface area (TPSA) is 79.9 Å². The fraction of sp³-hybridized carbons (Fsp3) is 0.429. The highest BCUT2D eigenvalue weighted by atomic mass is 35.5. The minimum atomic E-state index is -0.321. The standard InChI is InChI=1S/C35H41Cl2N3O4.ClH/c1-21-15-30(36)33(31(37)16-21)44-14-13-43-27-9-10-28(24(4)18-27)34(41)39-32-11-12-38-19-29(32)35(42)40(26-7-8-26)20-25-6-5-22(2)23(3)17-25;/h5-6,9-10,15-18,26,29,32,38H,7-8,11-14,19-20H2,1-4H3,(H,39,41);1H. The Morgan fingerprint density at radius 2 is 1.60 bits per heavy atom. The van der Waals surface area contributed by atoms with Gasteiger partial charge in [-0.1, -0.05) is 41.4 Å². The Kier molecular flexibility index (Phi) is 12.1. The van der Waals surface area contributed by atoms with Crippen molar-refractivity contribution in [3.8, 4) is 11.5 Å². The van der Waals surface area contributed by atoms with Gasteiger partial charge >= 0.3 is 0 Å². The quantitative estimate of drug-likeness (QED) is 0.214. The smallest absolute Gasteiger partial charge is 0.251 e. The number of hydrogen-bond donors (Lipinski definition) is 2. The van der Waals surface area contributed by atoms with Crippen molar-refractivity contribution in [1.29, 1.82) is 0 Å². The van der Waals surface area contributed by atoms with Crippen molar-refractivity contribution in [2.24, 2.45) is 5.92 Å². The molecule has 1 aliphatic heterocycles. The Hall–Kier alpha value is -2.97. The van der Waals surface area contributed by atoms with E-state index in [4.69, 9.17) is 32.7 Å². The molecular weight excluding hydrogens is 633 g/mol. The zero-order valence-corrected chi connectivity index (χ0v) is 28.6. The number of carbonyl (C=O) groups excluding carboxylic acids is 2. The molecule has 3 aromatic carbocycles. The van der Waals surface area contributed by atoms with E-state index in [9.17, 15) is 9.59 Å². The summed E-state index contributed by atoms with van der Waals surface area (Å²) in [6.07, 6.45) is 2.75. The van der Waals surface area contributed by atoms with Gasteiger partial charge in [-0.05, 0) is 112 Å². The first-order valence-electron chi connectivity index (χ1n) is 15.3. The molecule has 0 bridgehead atoms. The summed E-state index contributed by atoms with van der Waals surface area (Å²) in [6.45, 7) is 10.4. The molecule has 45 heavy (non-hydrogen) atoms. The number of nitrogens with zero attached hydrogens (tertiary/aromatic N) is 1. The first-order valence-corrected chi connectivity index (χ1v) is 16.1.